The Morgan fingerprint density at radius 2 is 1.81 bits per heavy atom. The zero-order valence-corrected chi connectivity index (χ0v) is 14.0. The monoisotopic (exact) mass is 298 g/mol. The topological polar surface area (TPSA) is 50.4 Å². The van der Waals surface area contributed by atoms with E-state index in [0.29, 0.717) is 6.04 Å². The van der Waals surface area contributed by atoms with Crippen LogP contribution in [-0.2, 0) is 4.74 Å². The van der Waals surface area contributed by atoms with E-state index < -0.39 is 0 Å². The number of carbonyl (C=O) groups excluding carboxylic acids is 1. The summed E-state index contributed by atoms with van der Waals surface area (Å²) >= 11 is 0. The van der Waals surface area contributed by atoms with Crippen molar-refractivity contribution in [3.8, 4) is 0 Å². The van der Waals surface area contributed by atoms with Crippen LogP contribution in [-0.4, -0.2) is 31.8 Å². The molecule has 0 spiro atoms. The lowest BCUT2D eigenvalue weighted by molar-refractivity contribution is 0.123. The van der Waals surface area contributed by atoms with Crippen molar-refractivity contribution < 1.29 is 9.53 Å². The molecule has 2 amide bonds. The van der Waals surface area contributed by atoms with Crippen molar-refractivity contribution in [1.82, 2.24) is 10.6 Å². The summed E-state index contributed by atoms with van der Waals surface area (Å²) in [6.45, 7) is 7.11. The number of urea groups is 1. The first-order valence-electron chi connectivity index (χ1n) is 8.80. The maximum atomic E-state index is 11.1. The molecule has 4 nitrogen and oxygen atoms in total. The Kier molecular flexibility index (Phi) is 10.3. The molecule has 1 heterocycles. The zero-order chi connectivity index (χ0) is 15.3. The van der Waals surface area contributed by atoms with E-state index in [1.54, 1.807) is 0 Å². The van der Waals surface area contributed by atoms with Crippen molar-refractivity contribution in [2.75, 3.05) is 19.8 Å². The van der Waals surface area contributed by atoms with Crippen LogP contribution in [0.4, 0.5) is 4.79 Å². The van der Waals surface area contributed by atoms with Crippen LogP contribution in [0.1, 0.15) is 71.6 Å². The predicted molar refractivity (Wildman–Crippen MR) is 87.5 cm³/mol. The van der Waals surface area contributed by atoms with Crippen LogP contribution < -0.4 is 10.6 Å². The largest absolute Gasteiger partial charge is 0.381 e. The van der Waals surface area contributed by atoms with Crippen molar-refractivity contribution in [2.45, 2.75) is 77.7 Å². The number of hydrogen-bond acceptors (Lipinski definition) is 2. The minimum atomic E-state index is -0.0235. The number of carbonyl (C=O) groups is 1. The third-order valence-electron chi connectivity index (χ3n) is 4.02. The van der Waals surface area contributed by atoms with E-state index in [0.717, 1.165) is 44.9 Å². The molecule has 0 aromatic carbocycles. The number of rotatable bonds is 12. The highest BCUT2D eigenvalue weighted by Crippen LogP contribution is 2.10. The second-order valence-corrected chi connectivity index (χ2v) is 6.59. The molecule has 1 unspecified atom stereocenters. The van der Waals surface area contributed by atoms with E-state index in [2.05, 4.69) is 24.5 Å². The molecule has 0 aliphatic carbocycles. The molecular formula is C17H34N2O2. The molecule has 1 atom stereocenters. The molecule has 21 heavy (non-hydrogen) atoms. The smallest absolute Gasteiger partial charge is 0.315 e. The summed E-state index contributed by atoms with van der Waals surface area (Å²) in [7, 11) is 0. The molecule has 0 saturated carbocycles. The van der Waals surface area contributed by atoms with Gasteiger partial charge in [-0.25, -0.2) is 4.79 Å². The van der Waals surface area contributed by atoms with E-state index >= 15 is 0 Å². The fraction of sp³-hybridized carbons (Fsp3) is 0.941. The van der Waals surface area contributed by atoms with Gasteiger partial charge in [0, 0.05) is 25.8 Å². The van der Waals surface area contributed by atoms with Crippen LogP contribution in [0, 0.1) is 5.92 Å². The Morgan fingerprint density at radius 3 is 2.57 bits per heavy atom. The maximum absolute atomic E-state index is 11.1. The summed E-state index contributed by atoms with van der Waals surface area (Å²) in [6.07, 6.45) is 11.0. The van der Waals surface area contributed by atoms with Gasteiger partial charge in [-0.05, 0) is 31.6 Å². The van der Waals surface area contributed by atoms with Crippen LogP contribution in [0.2, 0.25) is 0 Å². The molecule has 2 N–H and O–H groups in total. The van der Waals surface area contributed by atoms with Crippen LogP contribution in [0.15, 0.2) is 0 Å². The second-order valence-electron chi connectivity index (χ2n) is 6.59. The highest BCUT2D eigenvalue weighted by molar-refractivity contribution is 5.74. The van der Waals surface area contributed by atoms with E-state index in [1.807, 2.05) is 0 Å². The quantitative estimate of drug-likeness (QED) is 0.538. The standard InChI is InChI=1S/C17H34N2O2/c1-15(2)9-6-4-3-5-7-13-21-14-8-10-16-11-12-18-17(20)19-16/h15-16H,3-14H2,1-2H3,(H2,18,19,20). The number of amides is 2. The Hall–Kier alpha value is -0.770. The van der Waals surface area contributed by atoms with Gasteiger partial charge in [0.25, 0.3) is 0 Å². The fourth-order valence-electron chi connectivity index (χ4n) is 2.71. The highest BCUT2D eigenvalue weighted by Gasteiger charge is 2.16. The Bertz CT molecular complexity index is 270. The molecule has 0 radical (unpaired) electrons. The average Bonchev–Trinajstić information content (AvgIpc) is 2.44. The third-order valence-corrected chi connectivity index (χ3v) is 4.02. The normalized spacial score (nSPS) is 18.6. The zero-order valence-electron chi connectivity index (χ0n) is 14.0. The molecule has 0 aromatic heterocycles. The van der Waals surface area contributed by atoms with Gasteiger partial charge in [0.1, 0.15) is 0 Å². The summed E-state index contributed by atoms with van der Waals surface area (Å²) in [5.41, 5.74) is 0. The molecule has 1 fully saturated rings. The first-order valence-corrected chi connectivity index (χ1v) is 8.80. The third kappa shape index (κ3) is 10.6. The molecular weight excluding hydrogens is 264 g/mol. The summed E-state index contributed by atoms with van der Waals surface area (Å²) in [5.74, 6) is 0.845. The molecule has 0 aromatic rings. The van der Waals surface area contributed by atoms with E-state index in [4.69, 9.17) is 4.74 Å². The summed E-state index contributed by atoms with van der Waals surface area (Å²) in [5, 5.41) is 5.73. The van der Waals surface area contributed by atoms with Crippen molar-refractivity contribution in [3.63, 3.8) is 0 Å². The van der Waals surface area contributed by atoms with Crippen molar-refractivity contribution in [3.05, 3.63) is 0 Å². The van der Waals surface area contributed by atoms with Gasteiger partial charge in [-0.2, -0.15) is 0 Å². The number of unbranched alkanes of at least 4 members (excludes halogenated alkanes) is 4. The van der Waals surface area contributed by atoms with Crippen LogP contribution >= 0.6 is 0 Å². The summed E-state index contributed by atoms with van der Waals surface area (Å²) in [4.78, 5) is 11.1. The van der Waals surface area contributed by atoms with Crippen LogP contribution in [0.3, 0.4) is 0 Å². The Labute approximate surface area is 130 Å². The number of nitrogens with one attached hydrogen (secondary N) is 2. The summed E-state index contributed by atoms with van der Waals surface area (Å²) < 4.78 is 5.67. The van der Waals surface area contributed by atoms with Gasteiger partial charge in [-0.3, -0.25) is 0 Å². The Balaban J connectivity index is 1.77. The molecule has 1 aliphatic rings. The first-order chi connectivity index (χ1) is 10.2. The predicted octanol–water partition coefficient (Wildman–Crippen LogP) is 3.85. The van der Waals surface area contributed by atoms with E-state index in [-0.39, 0.29) is 6.03 Å². The second kappa shape index (κ2) is 11.8. The van der Waals surface area contributed by atoms with Gasteiger partial charge in [0.15, 0.2) is 0 Å². The van der Waals surface area contributed by atoms with Gasteiger partial charge < -0.3 is 15.4 Å². The van der Waals surface area contributed by atoms with Crippen LogP contribution in [0.25, 0.3) is 0 Å². The minimum Gasteiger partial charge on any atom is -0.381 e. The highest BCUT2D eigenvalue weighted by atomic mass is 16.5. The van der Waals surface area contributed by atoms with Crippen molar-refractivity contribution in [2.24, 2.45) is 5.92 Å². The number of ether oxygens (including phenoxy) is 1. The Morgan fingerprint density at radius 1 is 1.10 bits per heavy atom. The minimum absolute atomic E-state index is 0.0235. The number of hydrogen-bond donors (Lipinski definition) is 2. The van der Waals surface area contributed by atoms with Crippen LogP contribution in [0.5, 0.6) is 0 Å². The summed E-state index contributed by atoms with van der Waals surface area (Å²) in [6, 6.07) is 0.313. The molecule has 1 rings (SSSR count). The van der Waals surface area contributed by atoms with Gasteiger partial charge in [-0.15, -0.1) is 0 Å². The van der Waals surface area contributed by atoms with E-state index in [1.165, 1.54) is 38.5 Å². The molecule has 0 bridgehead atoms. The molecule has 4 heteroatoms. The lowest BCUT2D eigenvalue weighted by Gasteiger charge is -2.24. The maximum Gasteiger partial charge on any atom is 0.315 e. The molecule has 1 saturated heterocycles. The first kappa shape index (κ1) is 18.3. The average molecular weight is 298 g/mol. The van der Waals surface area contributed by atoms with Crippen molar-refractivity contribution >= 4 is 6.03 Å². The van der Waals surface area contributed by atoms with Gasteiger partial charge in [0.05, 0.1) is 0 Å². The fourth-order valence-corrected chi connectivity index (χ4v) is 2.71. The lowest BCUT2D eigenvalue weighted by atomic mass is 10.0. The molecule has 1 aliphatic heterocycles. The van der Waals surface area contributed by atoms with E-state index in [9.17, 15) is 4.79 Å². The van der Waals surface area contributed by atoms with Gasteiger partial charge in [0.2, 0.25) is 0 Å². The SMILES string of the molecule is CC(C)CCCCCCCOCCCC1CCNC(=O)N1. The van der Waals surface area contributed by atoms with Gasteiger partial charge in [-0.1, -0.05) is 46.0 Å². The molecule has 124 valence electrons. The van der Waals surface area contributed by atoms with Crippen molar-refractivity contribution in [1.29, 1.82) is 0 Å². The lowest BCUT2D eigenvalue weighted by Crippen LogP contribution is -2.49. The van der Waals surface area contributed by atoms with Gasteiger partial charge >= 0.3 is 6.03 Å².